The summed E-state index contributed by atoms with van der Waals surface area (Å²) in [5.74, 6) is 6.36. The molecule has 0 nitrogen and oxygen atoms in total. The van der Waals surface area contributed by atoms with Gasteiger partial charge in [-0.25, -0.2) is 17.6 Å². The van der Waals surface area contributed by atoms with E-state index in [1.807, 2.05) is 151 Å². The molecule has 0 saturated heterocycles. The molecule has 0 aliphatic heterocycles. The molecule has 0 unspecified atom stereocenters. The molecular formula is C125H164Br2Cl4F4. The molecule has 10 heteroatoms. The summed E-state index contributed by atoms with van der Waals surface area (Å²) in [6.07, 6.45) is 0. The fourth-order valence-corrected chi connectivity index (χ4v) is 14.8. The molecular weight excluding hydrogens is 1880 g/mol. The van der Waals surface area contributed by atoms with E-state index in [0.717, 1.165) is 53.5 Å². The minimum Gasteiger partial charge on any atom is -0.207 e. The van der Waals surface area contributed by atoms with E-state index in [1.165, 1.54) is 105 Å². The van der Waals surface area contributed by atoms with Crippen LogP contribution in [0.15, 0.2) is 300 Å². The topological polar surface area (TPSA) is 0 Å². The molecule has 0 aromatic heterocycles. The number of hydrogen-bond donors (Lipinski definition) is 0. The number of benzene rings is 13. The number of aryl methyl sites for hydroxylation is 7. The van der Waals surface area contributed by atoms with Crippen molar-refractivity contribution in [2.24, 2.45) is 0 Å². The van der Waals surface area contributed by atoms with E-state index in [1.54, 1.807) is 25.1 Å². The number of hydrogen-bond acceptors (Lipinski definition) is 0. The smallest absolute Gasteiger partial charge is 0.126 e. The normalized spacial score (nSPS) is 10.4. The molecule has 0 spiro atoms. The van der Waals surface area contributed by atoms with Crippen LogP contribution in [0.2, 0.25) is 20.1 Å². The predicted octanol–water partition coefficient (Wildman–Crippen LogP) is 44.0. The van der Waals surface area contributed by atoms with Crippen molar-refractivity contribution in [1.82, 2.24) is 0 Å². The van der Waals surface area contributed by atoms with Crippen molar-refractivity contribution in [3.63, 3.8) is 0 Å². The number of rotatable bonds is 13. The molecule has 0 atom stereocenters. The minimum atomic E-state index is -0.163. The van der Waals surface area contributed by atoms with Gasteiger partial charge < -0.3 is 0 Å². The summed E-state index contributed by atoms with van der Waals surface area (Å²) < 4.78 is 53.6. The first-order valence-corrected chi connectivity index (χ1v) is 50.6. The van der Waals surface area contributed by atoms with Gasteiger partial charge in [-0.15, -0.1) is 0 Å². The van der Waals surface area contributed by atoms with Gasteiger partial charge in [0, 0.05) is 29.0 Å². The van der Waals surface area contributed by atoms with Crippen LogP contribution in [0.1, 0.15) is 376 Å². The minimum absolute atomic E-state index is 0. The Morgan fingerprint density at radius 2 is 0.519 bits per heavy atom. The average Bonchev–Trinajstić information content (AvgIpc) is 0.912. The Hall–Kier alpha value is -8.30. The van der Waals surface area contributed by atoms with Crippen LogP contribution >= 0.6 is 78.3 Å². The van der Waals surface area contributed by atoms with Gasteiger partial charge in [-0.2, -0.15) is 0 Å². The summed E-state index contributed by atoms with van der Waals surface area (Å²) >= 11 is 30.6. The monoisotopic (exact) mass is 2040 g/mol. The lowest BCUT2D eigenvalue weighted by Gasteiger charge is -2.07. The first-order valence-electron chi connectivity index (χ1n) is 47.5. The van der Waals surface area contributed by atoms with Gasteiger partial charge in [0.2, 0.25) is 0 Å². The van der Waals surface area contributed by atoms with Gasteiger partial charge in [-0.05, 0) is 299 Å². The lowest BCUT2D eigenvalue weighted by molar-refractivity contribution is 0.597. The zero-order valence-corrected chi connectivity index (χ0v) is 93.2. The van der Waals surface area contributed by atoms with Gasteiger partial charge in [-0.1, -0.05) is 495 Å². The fourth-order valence-electron chi connectivity index (χ4n) is 12.5. The molecule has 0 heterocycles. The summed E-state index contributed by atoms with van der Waals surface area (Å²) in [6.45, 7) is 69.7. The van der Waals surface area contributed by atoms with Crippen molar-refractivity contribution in [1.29, 1.82) is 0 Å². The van der Waals surface area contributed by atoms with E-state index in [4.69, 9.17) is 46.4 Å². The molecule has 734 valence electrons. The molecule has 13 rings (SSSR count). The van der Waals surface area contributed by atoms with Gasteiger partial charge in [0.15, 0.2) is 0 Å². The Kier molecular flexibility index (Phi) is 64.5. The van der Waals surface area contributed by atoms with E-state index in [0.29, 0.717) is 65.1 Å². The highest BCUT2D eigenvalue weighted by Gasteiger charge is 2.11. The molecule has 0 amide bonds. The lowest BCUT2D eigenvalue weighted by atomic mass is 10.0. The van der Waals surface area contributed by atoms with Crippen LogP contribution in [0.3, 0.4) is 0 Å². The van der Waals surface area contributed by atoms with Crippen LogP contribution in [-0.2, 0) is 0 Å². The third-order valence-corrected chi connectivity index (χ3v) is 24.2. The SMILES string of the molecule is C.CC(C)c1ccc(F)cc1.CC(C)c1cccc(Br)c1.CC(C)c1cccc(Cl)c1.CC(C)c1ccccc1Br.CC(C)c1ccccc1Cl.CC(C)c1ccccc1F.Cc1ccc(C(C)C)c(Cl)c1.Cc1ccc(C(C)C)c(F)c1.Cc1ccc(C(C)C)cc1.Cc1ccc(C(C)C)cc1.Cc1ccc(C(C)C)cc1Cl.Cc1ccc(C(C)C)cc1F.Cc1cccc(C(C)C)c1. The lowest BCUT2D eigenvalue weighted by Crippen LogP contribution is -1.92. The van der Waals surface area contributed by atoms with Crippen molar-refractivity contribution >= 4 is 78.3 Å². The van der Waals surface area contributed by atoms with Crippen LogP contribution in [-0.4, -0.2) is 0 Å². The Balaban J connectivity index is 0.00000144. The molecule has 0 fully saturated rings. The van der Waals surface area contributed by atoms with Crippen molar-refractivity contribution in [2.45, 2.75) is 313 Å². The van der Waals surface area contributed by atoms with Gasteiger partial charge in [-0.3, -0.25) is 0 Å². The highest BCUT2D eigenvalue weighted by molar-refractivity contribution is 9.10. The second-order valence-electron chi connectivity index (χ2n) is 38.0. The van der Waals surface area contributed by atoms with E-state index < -0.39 is 0 Å². The maximum absolute atomic E-state index is 13.1. The largest absolute Gasteiger partial charge is 0.207 e. The van der Waals surface area contributed by atoms with Gasteiger partial charge in [0.25, 0.3) is 0 Å². The van der Waals surface area contributed by atoms with Gasteiger partial charge >= 0.3 is 0 Å². The van der Waals surface area contributed by atoms with E-state index in [-0.39, 0.29) is 42.5 Å². The molecule has 0 aliphatic carbocycles. The van der Waals surface area contributed by atoms with Crippen molar-refractivity contribution in [2.75, 3.05) is 0 Å². The fraction of sp³-hybridized carbons (Fsp3) is 0.376. The quantitative estimate of drug-likeness (QED) is 0.101. The molecule has 0 N–H and O–H groups in total. The molecule has 135 heavy (non-hydrogen) atoms. The predicted molar refractivity (Wildman–Crippen MR) is 602 cm³/mol. The molecule has 0 bridgehead atoms. The Bertz CT molecular complexity index is 4900. The summed E-state index contributed by atoms with van der Waals surface area (Å²) in [4.78, 5) is 0. The second-order valence-corrected chi connectivity index (χ2v) is 41.5. The van der Waals surface area contributed by atoms with E-state index in [9.17, 15) is 17.6 Å². The van der Waals surface area contributed by atoms with Crippen LogP contribution in [0.25, 0.3) is 0 Å². The third-order valence-electron chi connectivity index (χ3n) is 21.6. The molecule has 13 aromatic rings. The Morgan fingerprint density at radius 1 is 0.200 bits per heavy atom. The summed E-state index contributed by atoms with van der Waals surface area (Å²) in [5, 5.41) is 3.46. The van der Waals surface area contributed by atoms with Crippen molar-refractivity contribution in [3.8, 4) is 0 Å². The first-order chi connectivity index (χ1) is 62.8. The highest BCUT2D eigenvalue weighted by Crippen LogP contribution is 2.30. The van der Waals surface area contributed by atoms with E-state index >= 15 is 0 Å². The Morgan fingerprint density at radius 3 is 0.852 bits per heavy atom. The second kappa shape index (κ2) is 68.7. The third kappa shape index (κ3) is 54.0. The zero-order chi connectivity index (χ0) is 102. The zero-order valence-electron chi connectivity index (χ0n) is 87.0. The van der Waals surface area contributed by atoms with Crippen LogP contribution in [0, 0.1) is 71.7 Å². The average molecular weight is 2040 g/mol. The molecule has 0 aliphatic rings. The maximum atomic E-state index is 13.1. The van der Waals surface area contributed by atoms with Crippen LogP contribution in [0.5, 0.6) is 0 Å². The molecule has 13 aromatic carbocycles. The maximum Gasteiger partial charge on any atom is 0.126 e. The van der Waals surface area contributed by atoms with Crippen LogP contribution < -0.4 is 0 Å². The standard InChI is InChI=1S/2C10H13Cl.2C10H13F.3C10H14.2C9H11Br.2C9H11Cl.2C9H11F.CH4/c1-7(2)9-5-4-8(3)10(11)6-9;1-7(2)9-5-4-8(3)6-10(9)11;1-7(2)9-5-4-8(3)10(11)6-9;1-7(2)9-5-4-8(3)6-10(9)11;2*1-8(2)10-6-4-9(3)5-7-10;1-8(2)10-6-4-5-9(3)7-10;1-7(2)8-4-3-5-9(10)6-8;1-7(2)8-5-3-4-6-9(8)10;1-7(2)8-4-3-5-9(10)6-8;1-7(2)8-5-3-4-6-9(8)10;1-7(2)8-3-5-9(10)6-4-8;1-7(2)8-5-3-4-6-9(8)10;/h4*4-7H,1-3H3;3*4-8H,1-3H3;6*3-7H,1-2H3;1H4. The number of halogens is 10. The van der Waals surface area contributed by atoms with Gasteiger partial charge in [0.05, 0.1) is 0 Å². The van der Waals surface area contributed by atoms with Crippen LogP contribution in [0.4, 0.5) is 17.6 Å². The molecule has 0 saturated carbocycles. The molecule has 0 radical (unpaired) electrons. The summed E-state index contributed by atoms with van der Waals surface area (Å²) in [6, 6.07) is 95.5. The first kappa shape index (κ1) is 127. The van der Waals surface area contributed by atoms with E-state index in [2.05, 4.69) is 357 Å². The van der Waals surface area contributed by atoms with Gasteiger partial charge in [0.1, 0.15) is 23.3 Å². The summed E-state index contributed by atoms with van der Waals surface area (Å²) in [5.41, 5.74) is 24.0. The highest BCUT2D eigenvalue weighted by atomic mass is 79.9. The Labute approximate surface area is 856 Å². The summed E-state index contributed by atoms with van der Waals surface area (Å²) in [7, 11) is 0. The van der Waals surface area contributed by atoms with Crippen molar-refractivity contribution < 1.29 is 17.6 Å². The van der Waals surface area contributed by atoms with Crippen molar-refractivity contribution in [3.05, 3.63) is 455 Å².